The topological polar surface area (TPSA) is 78.8 Å². The molecule has 1 atom stereocenters. The largest absolute Gasteiger partial charge is 0.489 e. The van der Waals surface area contributed by atoms with Crippen LogP contribution in [0.2, 0.25) is 5.02 Å². The Hall–Kier alpha value is -2.08. The highest BCUT2D eigenvalue weighted by molar-refractivity contribution is 6.31. The van der Waals surface area contributed by atoms with Gasteiger partial charge in [-0.25, -0.2) is 4.79 Å². The van der Waals surface area contributed by atoms with Gasteiger partial charge in [0.2, 0.25) is 0 Å². The van der Waals surface area contributed by atoms with Crippen LogP contribution in [0.3, 0.4) is 0 Å². The van der Waals surface area contributed by atoms with E-state index in [0.717, 1.165) is 11.1 Å². The molecule has 0 fully saturated rings. The van der Waals surface area contributed by atoms with Crippen molar-refractivity contribution in [2.75, 3.05) is 6.54 Å². The fourth-order valence-corrected chi connectivity index (χ4v) is 2.24. The molecule has 2 aromatic carbocycles. The molecular formula is C18H20ClNO4. The number of benzene rings is 2. The summed E-state index contributed by atoms with van der Waals surface area (Å²) in [6.07, 6.45) is 0. The fraction of sp³-hybridized carbons (Fsp3) is 0.278. The number of nitrogens with one attached hydrogen (secondary N) is 1. The molecule has 24 heavy (non-hydrogen) atoms. The van der Waals surface area contributed by atoms with Gasteiger partial charge in [0.25, 0.3) is 0 Å². The highest BCUT2D eigenvalue weighted by Gasteiger charge is 2.28. The summed E-state index contributed by atoms with van der Waals surface area (Å²) in [5.41, 5.74) is 0.0334. The lowest BCUT2D eigenvalue weighted by Gasteiger charge is -2.18. The zero-order valence-corrected chi connectivity index (χ0v) is 14.1. The maximum atomic E-state index is 10.8. The van der Waals surface area contributed by atoms with Gasteiger partial charge in [0.05, 0.1) is 0 Å². The first-order valence-corrected chi connectivity index (χ1v) is 7.88. The first-order valence-electron chi connectivity index (χ1n) is 7.50. The Labute approximate surface area is 145 Å². The fourth-order valence-electron chi connectivity index (χ4n) is 2.05. The minimum atomic E-state index is -1.79. The Morgan fingerprint density at radius 1 is 1.25 bits per heavy atom. The molecule has 0 saturated heterocycles. The number of halogens is 1. The second-order valence-electron chi connectivity index (χ2n) is 5.71. The van der Waals surface area contributed by atoms with Gasteiger partial charge in [0.15, 0.2) is 5.60 Å². The van der Waals surface area contributed by atoms with E-state index in [0.29, 0.717) is 23.9 Å². The molecule has 0 aliphatic heterocycles. The summed E-state index contributed by atoms with van der Waals surface area (Å²) in [6.45, 7) is 2.00. The highest BCUT2D eigenvalue weighted by Crippen LogP contribution is 2.19. The molecule has 0 aromatic heterocycles. The Balaban J connectivity index is 1.90. The summed E-state index contributed by atoms with van der Waals surface area (Å²) in [4.78, 5) is 10.8. The van der Waals surface area contributed by atoms with Gasteiger partial charge in [-0.1, -0.05) is 41.9 Å². The number of aliphatic hydroxyl groups is 1. The molecule has 0 radical (unpaired) electrons. The van der Waals surface area contributed by atoms with Gasteiger partial charge < -0.3 is 20.3 Å². The number of rotatable bonds is 8. The van der Waals surface area contributed by atoms with Crippen molar-refractivity contribution < 1.29 is 19.7 Å². The Morgan fingerprint density at radius 3 is 2.71 bits per heavy atom. The molecule has 0 heterocycles. The summed E-state index contributed by atoms with van der Waals surface area (Å²) in [5, 5.41) is 22.1. The average Bonchev–Trinajstić information content (AvgIpc) is 2.54. The van der Waals surface area contributed by atoms with E-state index in [1.807, 2.05) is 48.5 Å². The van der Waals surface area contributed by atoms with Crippen LogP contribution in [0.4, 0.5) is 0 Å². The second kappa shape index (κ2) is 8.15. The third-order valence-corrected chi connectivity index (χ3v) is 3.88. The van der Waals surface area contributed by atoms with Crippen LogP contribution in [0.25, 0.3) is 0 Å². The number of hydrogen-bond acceptors (Lipinski definition) is 4. The number of carbonyl (C=O) groups is 1. The van der Waals surface area contributed by atoms with Crippen molar-refractivity contribution in [2.24, 2.45) is 0 Å². The van der Waals surface area contributed by atoms with Gasteiger partial charge in [0.1, 0.15) is 12.4 Å². The first-order chi connectivity index (χ1) is 11.4. The van der Waals surface area contributed by atoms with E-state index in [9.17, 15) is 9.90 Å². The molecule has 6 heteroatoms. The van der Waals surface area contributed by atoms with E-state index in [-0.39, 0.29) is 6.54 Å². The summed E-state index contributed by atoms with van der Waals surface area (Å²) in [7, 11) is 0. The second-order valence-corrected chi connectivity index (χ2v) is 6.12. The smallest absolute Gasteiger partial charge is 0.336 e. The summed E-state index contributed by atoms with van der Waals surface area (Å²) in [6, 6.07) is 14.9. The number of hydrogen-bond donors (Lipinski definition) is 3. The molecule has 5 nitrogen and oxygen atoms in total. The van der Waals surface area contributed by atoms with Crippen molar-refractivity contribution in [2.45, 2.75) is 25.7 Å². The highest BCUT2D eigenvalue weighted by atomic mass is 35.5. The van der Waals surface area contributed by atoms with E-state index in [4.69, 9.17) is 21.4 Å². The van der Waals surface area contributed by atoms with Crippen LogP contribution in [-0.4, -0.2) is 28.3 Å². The van der Waals surface area contributed by atoms with E-state index in [2.05, 4.69) is 5.32 Å². The lowest BCUT2D eigenvalue weighted by atomic mass is 10.1. The molecule has 0 saturated carbocycles. The van der Waals surface area contributed by atoms with Gasteiger partial charge >= 0.3 is 5.97 Å². The molecule has 0 aliphatic rings. The number of aliphatic carboxylic acids is 1. The predicted molar refractivity (Wildman–Crippen MR) is 92.2 cm³/mol. The van der Waals surface area contributed by atoms with Gasteiger partial charge in [0, 0.05) is 23.7 Å². The minimum absolute atomic E-state index is 0.0486. The van der Waals surface area contributed by atoms with Crippen molar-refractivity contribution >= 4 is 17.6 Å². The van der Waals surface area contributed by atoms with E-state index < -0.39 is 11.6 Å². The Morgan fingerprint density at radius 2 is 2.00 bits per heavy atom. The quantitative estimate of drug-likeness (QED) is 0.683. The predicted octanol–water partition coefficient (Wildman–Crippen LogP) is 2.84. The van der Waals surface area contributed by atoms with E-state index >= 15 is 0 Å². The zero-order chi connectivity index (χ0) is 17.6. The van der Waals surface area contributed by atoms with Crippen LogP contribution in [0.15, 0.2) is 48.5 Å². The van der Waals surface area contributed by atoms with Crippen molar-refractivity contribution in [3.63, 3.8) is 0 Å². The molecule has 0 bridgehead atoms. The summed E-state index contributed by atoms with van der Waals surface area (Å²) < 4.78 is 5.74. The summed E-state index contributed by atoms with van der Waals surface area (Å²) in [5.74, 6) is -0.564. The van der Waals surface area contributed by atoms with Gasteiger partial charge in [-0.3, -0.25) is 0 Å². The Kier molecular flexibility index (Phi) is 6.20. The monoisotopic (exact) mass is 349 g/mol. The van der Waals surface area contributed by atoms with Crippen molar-refractivity contribution in [1.29, 1.82) is 0 Å². The number of carboxylic acids is 1. The molecule has 1 unspecified atom stereocenters. The molecule has 0 aliphatic carbocycles. The van der Waals surface area contributed by atoms with Gasteiger partial charge in [-0.05, 0) is 30.7 Å². The Bertz CT molecular complexity index is 703. The van der Waals surface area contributed by atoms with Crippen LogP contribution in [0, 0.1) is 0 Å². The SMILES string of the molecule is CC(O)(CNCc1cccc(OCc2ccccc2Cl)c1)C(=O)O. The molecule has 2 aromatic rings. The van der Waals surface area contributed by atoms with Crippen LogP contribution in [0.5, 0.6) is 5.75 Å². The van der Waals surface area contributed by atoms with Crippen LogP contribution < -0.4 is 10.1 Å². The molecule has 0 amide bonds. The summed E-state index contributed by atoms with van der Waals surface area (Å²) >= 11 is 6.10. The number of ether oxygens (including phenoxy) is 1. The van der Waals surface area contributed by atoms with Crippen molar-refractivity contribution in [3.8, 4) is 5.75 Å². The lowest BCUT2D eigenvalue weighted by molar-refractivity contribution is -0.156. The zero-order valence-electron chi connectivity index (χ0n) is 13.3. The van der Waals surface area contributed by atoms with E-state index in [1.165, 1.54) is 6.92 Å². The van der Waals surface area contributed by atoms with Crippen molar-refractivity contribution in [3.05, 3.63) is 64.7 Å². The third-order valence-electron chi connectivity index (χ3n) is 3.51. The normalized spacial score (nSPS) is 13.3. The maximum absolute atomic E-state index is 10.8. The molecule has 128 valence electrons. The molecule has 0 spiro atoms. The van der Waals surface area contributed by atoms with Gasteiger partial charge in [-0.2, -0.15) is 0 Å². The third kappa shape index (κ3) is 5.23. The minimum Gasteiger partial charge on any atom is -0.489 e. The maximum Gasteiger partial charge on any atom is 0.336 e. The molecule has 3 N–H and O–H groups in total. The van der Waals surface area contributed by atoms with E-state index in [1.54, 1.807) is 0 Å². The molecule has 2 rings (SSSR count). The molecular weight excluding hydrogens is 330 g/mol. The lowest BCUT2D eigenvalue weighted by Crippen LogP contribution is -2.44. The van der Waals surface area contributed by atoms with Gasteiger partial charge in [-0.15, -0.1) is 0 Å². The van der Waals surface area contributed by atoms with Crippen LogP contribution in [-0.2, 0) is 17.9 Å². The standard InChI is InChI=1S/C18H20ClNO4/c1-18(23,17(21)22)12-20-10-13-5-4-7-15(9-13)24-11-14-6-2-3-8-16(14)19/h2-9,20,23H,10-12H2,1H3,(H,21,22). The van der Waals surface area contributed by atoms with Crippen LogP contribution in [0.1, 0.15) is 18.1 Å². The van der Waals surface area contributed by atoms with Crippen LogP contribution >= 0.6 is 11.6 Å². The number of carboxylic acid groups (broad SMARTS) is 1. The average molecular weight is 350 g/mol. The van der Waals surface area contributed by atoms with Crippen molar-refractivity contribution in [1.82, 2.24) is 5.32 Å². The first kappa shape index (κ1) is 18.3.